The lowest BCUT2D eigenvalue weighted by Gasteiger charge is -2.23. The van der Waals surface area contributed by atoms with Crippen LogP contribution < -0.4 is 21.3 Å². The number of amides is 1. The second-order valence-electron chi connectivity index (χ2n) is 9.59. The van der Waals surface area contributed by atoms with Crippen LogP contribution in [0.1, 0.15) is 40.5 Å². The van der Waals surface area contributed by atoms with Gasteiger partial charge in [0.1, 0.15) is 17.8 Å². The number of rotatable bonds is 11. The summed E-state index contributed by atoms with van der Waals surface area (Å²) in [4.78, 5) is 35.5. The van der Waals surface area contributed by atoms with Crippen molar-refractivity contribution < 1.29 is 32.6 Å². The van der Waals surface area contributed by atoms with Gasteiger partial charge in [-0.2, -0.15) is 18.2 Å². The molecule has 0 saturated carbocycles. The van der Waals surface area contributed by atoms with E-state index in [4.69, 9.17) is 26.2 Å². The number of carboxylic acids is 1. The molecule has 5 N–H and O–H groups in total. The van der Waals surface area contributed by atoms with Crippen LogP contribution in [0.4, 0.5) is 19.1 Å². The number of carboxylic acid groups (broad SMARTS) is 1. The molecule has 12 nitrogen and oxygen atoms in total. The number of halogens is 4. The van der Waals surface area contributed by atoms with Crippen molar-refractivity contribution >= 4 is 29.4 Å². The van der Waals surface area contributed by atoms with E-state index in [1.807, 2.05) is 38.2 Å². The molecule has 1 amide bonds. The molecule has 0 radical (unpaired) electrons. The molecule has 0 unspecified atom stereocenters. The average Bonchev–Trinajstić information content (AvgIpc) is 3.46. The first-order valence-electron chi connectivity index (χ1n) is 13.4. The van der Waals surface area contributed by atoms with Crippen LogP contribution in [-0.2, 0) is 9.53 Å². The summed E-state index contributed by atoms with van der Waals surface area (Å²) >= 11 is 6.20. The summed E-state index contributed by atoms with van der Waals surface area (Å²) in [5.41, 5.74) is 2.10. The molecule has 1 aromatic carbocycles. The van der Waals surface area contributed by atoms with Crippen LogP contribution in [0.5, 0.6) is 0 Å². The SMILES string of the molecule is CNCCNC[C@@H](NC(=O)c1cn(-c2nc(NC3CCOCC3)ncc2C)cn1)c1cccc(Cl)c1.O=C(O)C(F)(F)F. The van der Waals surface area contributed by atoms with Crippen molar-refractivity contribution in [2.45, 2.75) is 38.0 Å². The van der Waals surface area contributed by atoms with Gasteiger partial charge in [-0.05, 0) is 44.5 Å². The number of anilines is 1. The van der Waals surface area contributed by atoms with Gasteiger partial charge in [0.25, 0.3) is 5.91 Å². The average molecular weight is 627 g/mol. The molecule has 16 heteroatoms. The summed E-state index contributed by atoms with van der Waals surface area (Å²) in [6.45, 7) is 5.55. The molecule has 1 aliphatic rings. The maximum Gasteiger partial charge on any atom is 0.490 e. The first-order chi connectivity index (χ1) is 20.5. The van der Waals surface area contributed by atoms with Crippen molar-refractivity contribution in [3.63, 3.8) is 0 Å². The van der Waals surface area contributed by atoms with Gasteiger partial charge in [0.2, 0.25) is 5.95 Å². The minimum Gasteiger partial charge on any atom is -0.475 e. The van der Waals surface area contributed by atoms with Crippen molar-refractivity contribution in [2.75, 3.05) is 45.2 Å². The zero-order valence-electron chi connectivity index (χ0n) is 23.6. The third-order valence-corrected chi connectivity index (χ3v) is 6.49. The normalized spacial score (nSPS) is 14.4. The lowest BCUT2D eigenvalue weighted by Crippen LogP contribution is -2.37. The number of aromatic nitrogens is 4. The number of likely N-dealkylation sites (N-methyl/N-ethyl adjacent to an activating group) is 1. The highest BCUT2D eigenvalue weighted by molar-refractivity contribution is 6.30. The molecule has 1 saturated heterocycles. The first-order valence-corrected chi connectivity index (χ1v) is 13.8. The predicted octanol–water partition coefficient (Wildman–Crippen LogP) is 3.13. The second-order valence-corrected chi connectivity index (χ2v) is 10.0. The number of nitrogens with zero attached hydrogens (tertiary/aromatic N) is 4. The standard InChI is InChI=1S/C25H33ClN8O2.C2HF3O2/c1-17-13-29-25(31-20-6-10-36-11-7-20)33-23(17)34-15-22(30-16-34)24(35)32-21(14-28-9-8-27-2)18-4-3-5-19(26)12-18;3-2(4,5)1(6)7/h3-5,12-13,15-16,20-21,27-28H,6-11,14H2,1-2H3,(H,32,35)(H,29,31,33);(H,6,7)/t21-;/m1./s1. The molecule has 3 heterocycles. The minimum absolute atomic E-state index is 0.269. The van der Waals surface area contributed by atoms with E-state index in [9.17, 15) is 18.0 Å². The van der Waals surface area contributed by atoms with E-state index in [1.54, 1.807) is 23.3 Å². The van der Waals surface area contributed by atoms with Gasteiger partial charge in [-0.3, -0.25) is 9.36 Å². The molecule has 0 bridgehead atoms. The van der Waals surface area contributed by atoms with E-state index in [0.29, 0.717) is 29.0 Å². The van der Waals surface area contributed by atoms with Gasteiger partial charge in [0.05, 0.1) is 6.04 Å². The number of imidazole rings is 1. The second kappa shape index (κ2) is 16.2. The number of aryl methyl sites for hydroxylation is 1. The molecular weight excluding hydrogens is 593 g/mol. The first kappa shape index (κ1) is 33.7. The fraction of sp³-hybridized carbons (Fsp3) is 0.444. The molecule has 234 valence electrons. The number of aliphatic carboxylic acids is 1. The monoisotopic (exact) mass is 626 g/mol. The van der Waals surface area contributed by atoms with E-state index in [2.05, 4.69) is 36.2 Å². The molecule has 0 aliphatic carbocycles. The Morgan fingerprint density at radius 1 is 1.21 bits per heavy atom. The number of hydrogen-bond donors (Lipinski definition) is 5. The number of nitrogens with one attached hydrogen (secondary N) is 4. The summed E-state index contributed by atoms with van der Waals surface area (Å²) in [7, 11) is 1.90. The van der Waals surface area contributed by atoms with Gasteiger partial charge in [-0.15, -0.1) is 0 Å². The number of ether oxygens (including phenoxy) is 1. The zero-order valence-corrected chi connectivity index (χ0v) is 24.4. The van der Waals surface area contributed by atoms with Gasteiger partial charge in [0.15, 0.2) is 0 Å². The summed E-state index contributed by atoms with van der Waals surface area (Å²) in [5.74, 6) is -1.81. The molecule has 1 aliphatic heterocycles. The van der Waals surface area contributed by atoms with E-state index >= 15 is 0 Å². The van der Waals surface area contributed by atoms with Crippen LogP contribution in [0.15, 0.2) is 43.0 Å². The Hall–Kier alpha value is -3.79. The molecule has 1 fully saturated rings. The zero-order chi connectivity index (χ0) is 31.4. The Labute approximate surface area is 251 Å². The number of carbonyl (C=O) groups excluding carboxylic acids is 1. The van der Waals surface area contributed by atoms with Crippen molar-refractivity contribution in [1.29, 1.82) is 0 Å². The highest BCUT2D eigenvalue weighted by Crippen LogP contribution is 2.19. The third-order valence-electron chi connectivity index (χ3n) is 6.26. The van der Waals surface area contributed by atoms with Crippen molar-refractivity contribution in [1.82, 2.24) is 35.5 Å². The van der Waals surface area contributed by atoms with Gasteiger partial charge in [0, 0.05) is 61.9 Å². The Morgan fingerprint density at radius 3 is 2.58 bits per heavy atom. The van der Waals surface area contributed by atoms with Crippen LogP contribution >= 0.6 is 11.6 Å². The van der Waals surface area contributed by atoms with Gasteiger partial charge >= 0.3 is 12.1 Å². The van der Waals surface area contributed by atoms with Crippen molar-refractivity contribution in [3.05, 3.63) is 64.8 Å². The Morgan fingerprint density at radius 2 is 1.93 bits per heavy atom. The lowest BCUT2D eigenvalue weighted by molar-refractivity contribution is -0.192. The summed E-state index contributed by atoms with van der Waals surface area (Å²) < 4.78 is 38.9. The molecule has 3 aromatic rings. The number of carbonyl (C=O) groups is 2. The van der Waals surface area contributed by atoms with Gasteiger partial charge in [-0.1, -0.05) is 23.7 Å². The molecule has 4 rings (SSSR count). The molecule has 43 heavy (non-hydrogen) atoms. The quantitative estimate of drug-likeness (QED) is 0.201. The number of hydrogen-bond acceptors (Lipinski definition) is 9. The summed E-state index contributed by atoms with van der Waals surface area (Å²) in [5, 5.41) is 20.7. The van der Waals surface area contributed by atoms with Crippen LogP contribution in [0, 0.1) is 6.92 Å². The largest absolute Gasteiger partial charge is 0.490 e. The third kappa shape index (κ3) is 10.8. The van der Waals surface area contributed by atoms with E-state index in [-0.39, 0.29) is 18.0 Å². The Kier molecular flexibility index (Phi) is 12.7. The van der Waals surface area contributed by atoms with Crippen LogP contribution in [-0.4, -0.2) is 88.6 Å². The highest BCUT2D eigenvalue weighted by atomic mass is 35.5. The molecular formula is C27H34ClF3N8O4. The summed E-state index contributed by atoms with van der Waals surface area (Å²) in [6.07, 6.45) is 1.81. The Bertz CT molecular complexity index is 1350. The predicted molar refractivity (Wildman–Crippen MR) is 154 cm³/mol. The van der Waals surface area contributed by atoms with E-state index in [0.717, 1.165) is 50.3 Å². The number of benzene rings is 1. The lowest BCUT2D eigenvalue weighted by atomic mass is 10.1. The fourth-order valence-electron chi connectivity index (χ4n) is 4.01. The van der Waals surface area contributed by atoms with Crippen LogP contribution in [0.3, 0.4) is 0 Å². The van der Waals surface area contributed by atoms with Crippen molar-refractivity contribution in [2.24, 2.45) is 0 Å². The highest BCUT2D eigenvalue weighted by Gasteiger charge is 2.38. The topological polar surface area (TPSA) is 155 Å². The fourth-order valence-corrected chi connectivity index (χ4v) is 4.21. The maximum absolute atomic E-state index is 13.1. The van der Waals surface area contributed by atoms with E-state index < -0.39 is 12.1 Å². The van der Waals surface area contributed by atoms with Crippen molar-refractivity contribution in [3.8, 4) is 5.82 Å². The van der Waals surface area contributed by atoms with Crippen LogP contribution in [0.2, 0.25) is 5.02 Å². The van der Waals surface area contributed by atoms with E-state index in [1.165, 1.54) is 0 Å². The summed E-state index contributed by atoms with van der Waals surface area (Å²) in [6, 6.07) is 7.52. The Balaban J connectivity index is 0.000000646. The molecule has 0 spiro atoms. The smallest absolute Gasteiger partial charge is 0.475 e. The van der Waals surface area contributed by atoms with Crippen LogP contribution in [0.25, 0.3) is 5.82 Å². The maximum atomic E-state index is 13.1. The molecule has 1 atom stereocenters. The molecule has 2 aromatic heterocycles. The van der Waals surface area contributed by atoms with Gasteiger partial charge < -0.3 is 31.1 Å². The number of alkyl halides is 3. The minimum atomic E-state index is -5.08. The van der Waals surface area contributed by atoms with Gasteiger partial charge in [-0.25, -0.2) is 14.8 Å².